The first-order chi connectivity index (χ1) is 15.2. The van der Waals surface area contributed by atoms with Crippen molar-refractivity contribution in [3.8, 4) is 5.75 Å². The molecule has 0 fully saturated rings. The van der Waals surface area contributed by atoms with Gasteiger partial charge in [-0.3, -0.25) is 14.3 Å². The number of methoxy groups -OCH3 is 1. The second-order valence-electron chi connectivity index (χ2n) is 7.48. The average Bonchev–Trinajstić information content (AvgIpc) is 3.18. The van der Waals surface area contributed by atoms with Crippen LogP contribution in [0.4, 0.5) is 5.69 Å². The molecule has 170 valence electrons. The number of amides is 1. The van der Waals surface area contributed by atoms with Crippen molar-refractivity contribution in [1.82, 2.24) is 5.01 Å². The zero-order valence-electron chi connectivity index (χ0n) is 17.8. The molecule has 0 saturated carbocycles. The fraction of sp³-hybridized carbons (Fsp3) is 0.318. The summed E-state index contributed by atoms with van der Waals surface area (Å²) in [5.74, 6) is -0.587. The largest absolute Gasteiger partial charge is 0.497 e. The first-order valence-corrected chi connectivity index (χ1v) is 11.9. The molecule has 1 heterocycles. The Morgan fingerprint density at radius 1 is 1.19 bits per heavy atom. The van der Waals surface area contributed by atoms with Gasteiger partial charge in [0.2, 0.25) is 15.9 Å². The summed E-state index contributed by atoms with van der Waals surface area (Å²) < 4.78 is 30.9. The summed E-state index contributed by atoms with van der Waals surface area (Å²) in [6, 6.07) is 13.8. The van der Waals surface area contributed by atoms with Gasteiger partial charge in [0, 0.05) is 24.9 Å². The minimum atomic E-state index is -3.44. The summed E-state index contributed by atoms with van der Waals surface area (Å²) in [5, 5.41) is 14.8. The van der Waals surface area contributed by atoms with E-state index in [2.05, 4.69) is 9.82 Å². The lowest BCUT2D eigenvalue weighted by molar-refractivity contribution is -0.137. The van der Waals surface area contributed by atoms with Crippen LogP contribution in [-0.2, 0) is 19.6 Å². The van der Waals surface area contributed by atoms with E-state index in [0.717, 1.165) is 11.8 Å². The molecule has 2 aromatic rings. The van der Waals surface area contributed by atoms with Crippen LogP contribution in [0.2, 0.25) is 0 Å². The van der Waals surface area contributed by atoms with E-state index in [1.807, 2.05) is 18.2 Å². The third kappa shape index (κ3) is 6.07. The van der Waals surface area contributed by atoms with E-state index in [1.165, 1.54) is 5.01 Å². The van der Waals surface area contributed by atoms with E-state index in [1.54, 1.807) is 37.4 Å². The molecule has 1 atom stereocenters. The number of aliphatic carboxylic acids is 1. The molecule has 0 aromatic heterocycles. The molecule has 0 saturated heterocycles. The minimum absolute atomic E-state index is 0.0548. The lowest BCUT2D eigenvalue weighted by atomic mass is 9.98. The summed E-state index contributed by atoms with van der Waals surface area (Å²) >= 11 is 0. The number of hydrogen-bond donors (Lipinski definition) is 2. The van der Waals surface area contributed by atoms with Crippen LogP contribution in [0, 0.1) is 0 Å². The van der Waals surface area contributed by atoms with Gasteiger partial charge in [0.05, 0.1) is 25.1 Å². The summed E-state index contributed by atoms with van der Waals surface area (Å²) in [4.78, 5) is 23.7. The second kappa shape index (κ2) is 9.82. The van der Waals surface area contributed by atoms with Crippen LogP contribution >= 0.6 is 0 Å². The molecule has 2 aromatic carbocycles. The molecule has 32 heavy (non-hydrogen) atoms. The maximum atomic E-state index is 12.9. The van der Waals surface area contributed by atoms with Gasteiger partial charge in [-0.1, -0.05) is 24.3 Å². The van der Waals surface area contributed by atoms with Crippen molar-refractivity contribution in [1.29, 1.82) is 0 Å². The number of anilines is 1. The number of benzene rings is 2. The van der Waals surface area contributed by atoms with Crippen LogP contribution in [0.1, 0.15) is 42.9 Å². The Morgan fingerprint density at radius 3 is 2.62 bits per heavy atom. The van der Waals surface area contributed by atoms with Crippen LogP contribution in [0.25, 0.3) is 0 Å². The maximum absolute atomic E-state index is 12.9. The summed E-state index contributed by atoms with van der Waals surface area (Å²) in [6.07, 6.45) is 1.66. The fourth-order valence-corrected chi connectivity index (χ4v) is 4.06. The number of hydrazone groups is 1. The second-order valence-corrected chi connectivity index (χ2v) is 9.23. The Morgan fingerprint density at radius 2 is 1.94 bits per heavy atom. The standard InChI is InChI=1S/C22H25N3O6S/c1-31-18-9-4-7-16(13-18)20-14-19(23-25(20)21(26)10-5-11-22(27)28)15-6-3-8-17(12-15)24-32(2,29)30/h3-4,6-9,12-13,20,24H,5,10-11,14H2,1-2H3,(H,27,28)/t20-/m0/s1. The third-order valence-corrected chi connectivity index (χ3v) is 5.53. The summed E-state index contributed by atoms with van der Waals surface area (Å²) in [5.41, 5.74) is 2.55. The molecule has 0 radical (unpaired) electrons. The molecule has 1 amide bonds. The van der Waals surface area contributed by atoms with E-state index < -0.39 is 16.0 Å². The first-order valence-electron chi connectivity index (χ1n) is 10.00. The number of hydrogen-bond acceptors (Lipinski definition) is 6. The maximum Gasteiger partial charge on any atom is 0.303 e. The predicted octanol–water partition coefficient (Wildman–Crippen LogP) is 3.00. The molecule has 2 N–H and O–H groups in total. The van der Waals surface area contributed by atoms with Gasteiger partial charge < -0.3 is 9.84 Å². The van der Waals surface area contributed by atoms with Crippen molar-refractivity contribution in [3.05, 3.63) is 59.7 Å². The Bertz CT molecular complexity index is 1150. The van der Waals surface area contributed by atoms with Crippen molar-refractivity contribution in [2.45, 2.75) is 31.7 Å². The number of nitrogens with one attached hydrogen (secondary N) is 1. The van der Waals surface area contributed by atoms with Gasteiger partial charge in [-0.05, 0) is 41.8 Å². The Hall–Kier alpha value is -3.40. The van der Waals surface area contributed by atoms with Crippen molar-refractivity contribution < 1.29 is 27.9 Å². The van der Waals surface area contributed by atoms with Crippen LogP contribution in [0.3, 0.4) is 0 Å². The molecule has 1 aliphatic rings. The van der Waals surface area contributed by atoms with E-state index in [4.69, 9.17) is 9.84 Å². The van der Waals surface area contributed by atoms with E-state index in [9.17, 15) is 18.0 Å². The Kier molecular flexibility index (Phi) is 7.14. The van der Waals surface area contributed by atoms with Crippen LogP contribution in [0.15, 0.2) is 53.6 Å². The first kappa shape index (κ1) is 23.3. The highest BCUT2D eigenvalue weighted by Crippen LogP contribution is 2.35. The van der Waals surface area contributed by atoms with Gasteiger partial charge in [0.15, 0.2) is 0 Å². The van der Waals surface area contributed by atoms with Crippen LogP contribution in [0.5, 0.6) is 5.75 Å². The monoisotopic (exact) mass is 459 g/mol. The number of nitrogens with zero attached hydrogens (tertiary/aromatic N) is 2. The molecule has 0 bridgehead atoms. The summed E-state index contributed by atoms with van der Waals surface area (Å²) in [7, 11) is -1.88. The van der Waals surface area contributed by atoms with Gasteiger partial charge in [0.25, 0.3) is 0 Å². The number of carboxylic acids is 1. The van der Waals surface area contributed by atoms with Crippen molar-refractivity contribution in [2.75, 3.05) is 18.1 Å². The number of ether oxygens (including phenoxy) is 1. The van der Waals surface area contributed by atoms with Crippen molar-refractivity contribution in [2.24, 2.45) is 5.10 Å². The van der Waals surface area contributed by atoms with Gasteiger partial charge in [-0.25, -0.2) is 13.4 Å². The zero-order chi connectivity index (χ0) is 23.3. The Balaban J connectivity index is 1.91. The predicted molar refractivity (Wildman–Crippen MR) is 120 cm³/mol. The molecule has 0 aliphatic carbocycles. The highest BCUT2D eigenvalue weighted by Gasteiger charge is 2.33. The highest BCUT2D eigenvalue weighted by atomic mass is 32.2. The number of sulfonamides is 1. The van der Waals surface area contributed by atoms with Crippen LogP contribution < -0.4 is 9.46 Å². The lowest BCUT2D eigenvalue weighted by Crippen LogP contribution is -2.27. The molecule has 1 aliphatic heterocycles. The van der Waals surface area contributed by atoms with E-state index in [0.29, 0.717) is 29.1 Å². The van der Waals surface area contributed by atoms with Gasteiger partial charge >= 0.3 is 5.97 Å². The zero-order valence-corrected chi connectivity index (χ0v) is 18.6. The molecule has 0 spiro atoms. The quantitative estimate of drug-likeness (QED) is 0.594. The topological polar surface area (TPSA) is 125 Å². The lowest BCUT2D eigenvalue weighted by Gasteiger charge is -2.22. The van der Waals surface area contributed by atoms with E-state index in [-0.39, 0.29) is 31.2 Å². The van der Waals surface area contributed by atoms with E-state index >= 15 is 0 Å². The number of carboxylic acid groups (broad SMARTS) is 1. The highest BCUT2D eigenvalue weighted by molar-refractivity contribution is 7.92. The number of carbonyl (C=O) groups is 2. The normalized spacial score (nSPS) is 15.9. The molecular formula is C22H25N3O6S. The van der Waals surface area contributed by atoms with Crippen molar-refractivity contribution >= 4 is 33.3 Å². The Labute approximate surface area is 186 Å². The van der Waals surface area contributed by atoms with Gasteiger partial charge in [0.1, 0.15) is 5.75 Å². The van der Waals surface area contributed by atoms with Crippen LogP contribution in [-0.4, -0.2) is 49.5 Å². The number of rotatable bonds is 9. The molecule has 10 heteroatoms. The SMILES string of the molecule is COc1cccc([C@@H]2CC(c3cccc(NS(C)(=O)=O)c3)=NN2C(=O)CCCC(=O)O)c1. The van der Waals surface area contributed by atoms with Crippen molar-refractivity contribution in [3.63, 3.8) is 0 Å². The summed E-state index contributed by atoms with van der Waals surface area (Å²) in [6.45, 7) is 0. The minimum Gasteiger partial charge on any atom is -0.497 e. The molecule has 3 rings (SSSR count). The molecule has 0 unspecified atom stereocenters. The third-order valence-electron chi connectivity index (χ3n) is 4.92. The molecule has 9 nitrogen and oxygen atoms in total. The van der Waals surface area contributed by atoms with Gasteiger partial charge in [-0.15, -0.1) is 0 Å². The molecular weight excluding hydrogens is 434 g/mol. The number of carbonyl (C=O) groups excluding carboxylic acids is 1. The smallest absolute Gasteiger partial charge is 0.303 e. The fourth-order valence-electron chi connectivity index (χ4n) is 3.50. The van der Waals surface area contributed by atoms with Gasteiger partial charge in [-0.2, -0.15) is 5.10 Å². The average molecular weight is 460 g/mol.